The van der Waals surface area contributed by atoms with Crippen LogP contribution in [0.4, 0.5) is 17.1 Å². The summed E-state index contributed by atoms with van der Waals surface area (Å²) in [7, 11) is 0.368. The Morgan fingerprint density at radius 1 is 0.917 bits per heavy atom. The number of benzene rings is 3. The highest BCUT2D eigenvalue weighted by Gasteiger charge is 2.22. The van der Waals surface area contributed by atoms with E-state index in [9.17, 15) is 18.5 Å². The molecule has 0 bridgehead atoms. The van der Waals surface area contributed by atoms with E-state index in [-0.39, 0.29) is 10.6 Å². The zero-order valence-electron chi connectivity index (χ0n) is 20.4. The number of hydrogen-bond acceptors (Lipinski definition) is 9. The second-order valence-electron chi connectivity index (χ2n) is 7.69. The molecule has 0 aliphatic carbocycles. The molecule has 0 atom stereocenters. The molecule has 36 heavy (non-hydrogen) atoms. The summed E-state index contributed by atoms with van der Waals surface area (Å²) in [5.41, 5.74) is 4.81. The first-order chi connectivity index (χ1) is 17.1. The summed E-state index contributed by atoms with van der Waals surface area (Å²) in [5, 5.41) is 15.7. The van der Waals surface area contributed by atoms with Crippen molar-refractivity contribution in [2.24, 2.45) is 5.10 Å². The molecule has 3 aromatic rings. The van der Waals surface area contributed by atoms with E-state index >= 15 is 0 Å². The van der Waals surface area contributed by atoms with Crippen molar-refractivity contribution >= 4 is 33.3 Å². The summed E-state index contributed by atoms with van der Waals surface area (Å²) >= 11 is 0. The number of nitrogens with one attached hydrogen (secondary N) is 2. The van der Waals surface area contributed by atoms with Gasteiger partial charge in [0.05, 0.1) is 43.1 Å². The number of hydrogen-bond donors (Lipinski definition) is 2. The molecule has 0 fully saturated rings. The molecular formula is C24H26N4O7S. The number of ether oxygens (including phenoxy) is 3. The van der Waals surface area contributed by atoms with E-state index in [4.69, 9.17) is 14.2 Å². The number of aryl methyl sites for hydroxylation is 2. The fourth-order valence-corrected chi connectivity index (χ4v) is 4.56. The van der Waals surface area contributed by atoms with Crippen molar-refractivity contribution in [1.29, 1.82) is 0 Å². The minimum Gasteiger partial charge on any atom is -0.493 e. The highest BCUT2D eigenvalue weighted by Crippen LogP contribution is 2.38. The van der Waals surface area contributed by atoms with Crippen LogP contribution in [0.5, 0.6) is 17.2 Å². The standard InChI is InChI=1S/C24H26N4O7S/c1-15-6-8-19(16(2)10-15)27-36(31,32)18-7-9-20(21(13-18)28(29)30)26-25-14-17-11-22(33-3)24(35-5)23(12-17)34-4/h6-14,26-27H,1-5H3/b25-14-. The SMILES string of the molecule is COc1cc(/C=N\Nc2ccc(S(=O)(=O)Nc3ccc(C)cc3C)cc2[N+](=O)[O-])cc(OC)c1OC. The van der Waals surface area contributed by atoms with E-state index in [1.165, 1.54) is 39.7 Å². The normalized spacial score (nSPS) is 11.2. The molecule has 0 amide bonds. The van der Waals surface area contributed by atoms with Gasteiger partial charge in [0, 0.05) is 11.6 Å². The molecule has 2 N–H and O–H groups in total. The number of nitrogens with zero attached hydrogens (tertiary/aromatic N) is 2. The lowest BCUT2D eigenvalue weighted by atomic mass is 10.1. The lowest BCUT2D eigenvalue weighted by molar-refractivity contribution is -0.384. The van der Waals surface area contributed by atoms with Crippen LogP contribution in [0.1, 0.15) is 16.7 Å². The van der Waals surface area contributed by atoms with Crippen molar-refractivity contribution in [1.82, 2.24) is 0 Å². The van der Waals surface area contributed by atoms with Crippen molar-refractivity contribution in [3.63, 3.8) is 0 Å². The van der Waals surface area contributed by atoms with Gasteiger partial charge in [-0.25, -0.2) is 8.42 Å². The summed E-state index contributed by atoms with van der Waals surface area (Å²) < 4.78 is 44.1. The minimum atomic E-state index is -4.07. The zero-order chi connectivity index (χ0) is 26.5. The Morgan fingerprint density at radius 3 is 2.11 bits per heavy atom. The topological polar surface area (TPSA) is 141 Å². The fraction of sp³-hybridized carbons (Fsp3) is 0.208. The molecule has 0 aromatic heterocycles. The third-order valence-electron chi connectivity index (χ3n) is 5.19. The monoisotopic (exact) mass is 514 g/mol. The van der Waals surface area contributed by atoms with Crippen LogP contribution in [0, 0.1) is 24.0 Å². The Hall–Kier alpha value is -4.32. The Bertz CT molecular complexity index is 1400. The van der Waals surface area contributed by atoms with Gasteiger partial charge >= 0.3 is 0 Å². The predicted octanol–water partition coefficient (Wildman–Crippen LogP) is 4.48. The molecule has 3 rings (SSSR count). The Labute approximate surface area is 208 Å². The van der Waals surface area contributed by atoms with Crippen molar-refractivity contribution < 1.29 is 27.6 Å². The van der Waals surface area contributed by atoms with Crippen LogP contribution in [-0.4, -0.2) is 40.9 Å². The van der Waals surface area contributed by atoms with Gasteiger partial charge in [-0.3, -0.25) is 20.3 Å². The van der Waals surface area contributed by atoms with Gasteiger partial charge in [0.25, 0.3) is 15.7 Å². The quantitative estimate of drug-likeness (QED) is 0.229. The third-order valence-corrected chi connectivity index (χ3v) is 6.55. The molecule has 0 unspecified atom stereocenters. The van der Waals surface area contributed by atoms with E-state index in [1.54, 1.807) is 31.2 Å². The maximum atomic E-state index is 12.9. The van der Waals surface area contributed by atoms with Gasteiger partial charge < -0.3 is 14.2 Å². The van der Waals surface area contributed by atoms with Crippen LogP contribution in [0.3, 0.4) is 0 Å². The van der Waals surface area contributed by atoms with Gasteiger partial charge in [-0.15, -0.1) is 0 Å². The molecular weight excluding hydrogens is 488 g/mol. The largest absolute Gasteiger partial charge is 0.493 e. The zero-order valence-corrected chi connectivity index (χ0v) is 21.2. The first kappa shape index (κ1) is 26.3. The first-order valence-corrected chi connectivity index (χ1v) is 12.1. The molecule has 3 aromatic carbocycles. The molecule has 0 aliphatic rings. The highest BCUT2D eigenvalue weighted by atomic mass is 32.2. The average molecular weight is 515 g/mol. The van der Waals surface area contributed by atoms with Gasteiger partial charge in [-0.05, 0) is 49.7 Å². The highest BCUT2D eigenvalue weighted by molar-refractivity contribution is 7.92. The summed E-state index contributed by atoms with van der Waals surface area (Å²) in [6, 6.07) is 12.1. The van der Waals surface area contributed by atoms with Crippen molar-refractivity contribution in [3.8, 4) is 17.2 Å². The second kappa shape index (κ2) is 11.0. The fourth-order valence-electron chi connectivity index (χ4n) is 3.41. The molecule has 0 aliphatic heterocycles. The molecule has 0 saturated heterocycles. The number of rotatable bonds is 10. The van der Waals surface area contributed by atoms with Gasteiger partial charge in [0.2, 0.25) is 5.75 Å². The third kappa shape index (κ3) is 5.84. The molecule has 190 valence electrons. The van der Waals surface area contributed by atoms with Crippen molar-refractivity contribution in [3.05, 3.63) is 75.3 Å². The van der Waals surface area contributed by atoms with Gasteiger partial charge in [-0.1, -0.05) is 17.7 Å². The Balaban J connectivity index is 1.87. The van der Waals surface area contributed by atoms with Crippen molar-refractivity contribution in [2.75, 3.05) is 31.5 Å². The Kier molecular flexibility index (Phi) is 8.00. The molecule has 0 saturated carbocycles. The number of sulfonamides is 1. The van der Waals surface area contributed by atoms with Gasteiger partial charge in [0.15, 0.2) is 11.5 Å². The van der Waals surface area contributed by atoms with Crippen LogP contribution < -0.4 is 24.4 Å². The van der Waals surface area contributed by atoms with E-state index in [2.05, 4.69) is 15.2 Å². The van der Waals surface area contributed by atoms with Gasteiger partial charge in [-0.2, -0.15) is 5.10 Å². The smallest absolute Gasteiger partial charge is 0.295 e. The molecule has 11 nitrogen and oxygen atoms in total. The van der Waals surface area contributed by atoms with E-state index in [1.807, 2.05) is 13.0 Å². The lowest BCUT2D eigenvalue weighted by Gasteiger charge is -2.13. The maximum absolute atomic E-state index is 12.9. The van der Waals surface area contributed by atoms with Crippen LogP contribution in [0.25, 0.3) is 0 Å². The van der Waals surface area contributed by atoms with Crippen LogP contribution in [0.2, 0.25) is 0 Å². The van der Waals surface area contributed by atoms with Gasteiger partial charge in [0.1, 0.15) is 5.69 Å². The first-order valence-electron chi connectivity index (χ1n) is 10.6. The van der Waals surface area contributed by atoms with E-state index in [0.29, 0.717) is 28.5 Å². The molecule has 0 spiro atoms. The summed E-state index contributed by atoms with van der Waals surface area (Å²) in [4.78, 5) is 10.7. The molecule has 12 heteroatoms. The summed E-state index contributed by atoms with van der Waals surface area (Å²) in [5.74, 6) is 1.23. The van der Waals surface area contributed by atoms with E-state index in [0.717, 1.165) is 17.2 Å². The second-order valence-corrected chi connectivity index (χ2v) is 9.37. The number of nitro groups is 1. The lowest BCUT2D eigenvalue weighted by Crippen LogP contribution is -2.14. The number of hydrazone groups is 1. The maximum Gasteiger partial charge on any atom is 0.295 e. The van der Waals surface area contributed by atoms with E-state index < -0.39 is 20.6 Å². The minimum absolute atomic E-state index is 0.00848. The number of nitro benzene ring substituents is 1. The molecule has 0 heterocycles. The number of anilines is 2. The average Bonchev–Trinajstić information content (AvgIpc) is 2.84. The Morgan fingerprint density at radius 2 is 1.56 bits per heavy atom. The van der Waals surface area contributed by atoms with Crippen LogP contribution in [-0.2, 0) is 10.0 Å². The number of methoxy groups -OCH3 is 3. The van der Waals surface area contributed by atoms with Crippen molar-refractivity contribution in [2.45, 2.75) is 18.7 Å². The van der Waals surface area contributed by atoms with Crippen LogP contribution in [0.15, 0.2) is 58.5 Å². The molecule has 0 radical (unpaired) electrons. The van der Waals surface area contributed by atoms with Crippen LogP contribution >= 0.6 is 0 Å². The predicted molar refractivity (Wildman–Crippen MR) is 137 cm³/mol. The summed E-state index contributed by atoms with van der Waals surface area (Å²) in [6.45, 7) is 3.66. The summed E-state index contributed by atoms with van der Waals surface area (Å²) in [6.07, 6.45) is 1.40.